The van der Waals surface area contributed by atoms with Gasteiger partial charge in [-0.2, -0.15) is 12.6 Å². The number of rotatable bonds is 4. The van der Waals surface area contributed by atoms with E-state index in [2.05, 4.69) is 12.6 Å². The van der Waals surface area contributed by atoms with Gasteiger partial charge in [-0.25, -0.2) is 0 Å². The Kier molecular flexibility index (Phi) is 4.87. The van der Waals surface area contributed by atoms with Crippen molar-refractivity contribution >= 4 is 18.4 Å². The lowest BCUT2D eigenvalue weighted by Crippen LogP contribution is -2.03. The highest BCUT2D eigenvalue weighted by atomic mass is 32.1. The largest absolute Gasteiger partial charge is 0.300 e. The van der Waals surface area contributed by atoms with Crippen molar-refractivity contribution in [2.24, 2.45) is 0 Å². The summed E-state index contributed by atoms with van der Waals surface area (Å²) >= 11 is 4.11. The summed E-state index contributed by atoms with van der Waals surface area (Å²) in [5, 5.41) is 0.226. The number of hydrogen-bond acceptors (Lipinski definition) is 2. The summed E-state index contributed by atoms with van der Waals surface area (Å²) in [5.41, 5.74) is 0. The number of carbonyl (C=O) groups is 1. The molecule has 0 spiro atoms. The van der Waals surface area contributed by atoms with Gasteiger partial charge in [0.2, 0.25) is 0 Å². The molecule has 0 radical (unpaired) electrons. The molecular formula is C7H14OS. The lowest BCUT2D eigenvalue weighted by Gasteiger charge is -1.99. The Morgan fingerprint density at radius 1 is 1.67 bits per heavy atom. The van der Waals surface area contributed by atoms with Crippen LogP contribution >= 0.6 is 12.6 Å². The molecule has 2 heteroatoms. The standard InChI is InChI=1S/C7H14OS/c1-3-4-7(8)5-6(2)9/h6,9H,3-5H2,1-2H3/t6-/m1/s1. The molecule has 54 valence electrons. The van der Waals surface area contributed by atoms with Crippen LogP contribution in [0.5, 0.6) is 0 Å². The molecule has 0 saturated heterocycles. The molecule has 0 aliphatic carbocycles. The van der Waals surface area contributed by atoms with E-state index in [1.807, 2.05) is 13.8 Å². The monoisotopic (exact) mass is 146 g/mol. The van der Waals surface area contributed by atoms with Crippen LogP contribution in [-0.2, 0) is 4.79 Å². The highest BCUT2D eigenvalue weighted by Gasteiger charge is 2.02. The molecule has 0 aromatic rings. The lowest BCUT2D eigenvalue weighted by molar-refractivity contribution is -0.119. The van der Waals surface area contributed by atoms with Gasteiger partial charge in [0.25, 0.3) is 0 Å². The van der Waals surface area contributed by atoms with Crippen LogP contribution in [0.4, 0.5) is 0 Å². The molecule has 0 aliphatic heterocycles. The summed E-state index contributed by atoms with van der Waals surface area (Å²) in [7, 11) is 0. The second kappa shape index (κ2) is 4.86. The number of carbonyl (C=O) groups excluding carboxylic acids is 1. The quantitative estimate of drug-likeness (QED) is 0.601. The molecule has 0 bridgehead atoms. The number of thiol groups is 1. The lowest BCUT2D eigenvalue weighted by atomic mass is 10.1. The summed E-state index contributed by atoms with van der Waals surface area (Å²) in [6.07, 6.45) is 2.29. The summed E-state index contributed by atoms with van der Waals surface area (Å²) in [5.74, 6) is 0.333. The summed E-state index contributed by atoms with van der Waals surface area (Å²) in [4.78, 5) is 10.8. The van der Waals surface area contributed by atoms with Gasteiger partial charge in [-0.05, 0) is 6.42 Å². The van der Waals surface area contributed by atoms with Crippen LogP contribution in [0.25, 0.3) is 0 Å². The average Bonchev–Trinajstić information content (AvgIpc) is 1.63. The summed E-state index contributed by atoms with van der Waals surface area (Å²) in [6, 6.07) is 0. The first-order valence-corrected chi connectivity index (χ1v) is 3.88. The van der Waals surface area contributed by atoms with Gasteiger partial charge in [0.15, 0.2) is 0 Å². The molecule has 0 N–H and O–H groups in total. The summed E-state index contributed by atoms with van der Waals surface area (Å²) in [6.45, 7) is 3.96. The molecule has 0 unspecified atom stereocenters. The van der Waals surface area contributed by atoms with Gasteiger partial charge in [-0.15, -0.1) is 0 Å². The van der Waals surface area contributed by atoms with E-state index >= 15 is 0 Å². The number of ketones is 1. The molecule has 0 heterocycles. The predicted molar refractivity (Wildman–Crippen MR) is 43.0 cm³/mol. The molecule has 1 nitrogen and oxygen atoms in total. The third kappa shape index (κ3) is 5.90. The average molecular weight is 146 g/mol. The van der Waals surface area contributed by atoms with Gasteiger partial charge in [-0.3, -0.25) is 4.79 Å². The van der Waals surface area contributed by atoms with Gasteiger partial charge in [-0.1, -0.05) is 13.8 Å². The van der Waals surface area contributed by atoms with E-state index in [1.54, 1.807) is 0 Å². The SMILES string of the molecule is CCCC(=O)C[C@@H](C)S. The maximum atomic E-state index is 10.8. The topological polar surface area (TPSA) is 17.1 Å². The summed E-state index contributed by atoms with van der Waals surface area (Å²) < 4.78 is 0. The van der Waals surface area contributed by atoms with Crippen LogP contribution in [0.3, 0.4) is 0 Å². The molecule has 0 aliphatic rings. The molecule has 0 saturated carbocycles. The van der Waals surface area contributed by atoms with Crippen molar-refractivity contribution in [1.82, 2.24) is 0 Å². The minimum Gasteiger partial charge on any atom is -0.300 e. The first-order valence-electron chi connectivity index (χ1n) is 3.36. The molecule has 9 heavy (non-hydrogen) atoms. The minimum absolute atomic E-state index is 0.226. The normalized spacial score (nSPS) is 13.2. The Bertz CT molecular complexity index is 88.9. The first-order chi connectivity index (χ1) is 4.16. The van der Waals surface area contributed by atoms with Crippen molar-refractivity contribution in [1.29, 1.82) is 0 Å². The second-order valence-corrected chi connectivity index (χ2v) is 3.22. The fourth-order valence-electron chi connectivity index (χ4n) is 0.710. The van der Waals surface area contributed by atoms with Gasteiger partial charge >= 0.3 is 0 Å². The second-order valence-electron chi connectivity index (χ2n) is 2.34. The van der Waals surface area contributed by atoms with Crippen molar-refractivity contribution in [3.63, 3.8) is 0 Å². The van der Waals surface area contributed by atoms with E-state index in [0.717, 1.165) is 6.42 Å². The van der Waals surface area contributed by atoms with Crippen molar-refractivity contribution in [3.8, 4) is 0 Å². The molecule has 0 rings (SSSR count). The third-order valence-corrected chi connectivity index (χ3v) is 1.23. The van der Waals surface area contributed by atoms with Crippen LogP contribution in [0.1, 0.15) is 33.1 Å². The Labute approximate surface area is 62.2 Å². The smallest absolute Gasteiger partial charge is 0.133 e. The number of hydrogen-bond donors (Lipinski definition) is 1. The van der Waals surface area contributed by atoms with E-state index in [1.165, 1.54) is 0 Å². The van der Waals surface area contributed by atoms with E-state index < -0.39 is 0 Å². The van der Waals surface area contributed by atoms with Crippen LogP contribution in [0.15, 0.2) is 0 Å². The van der Waals surface area contributed by atoms with Gasteiger partial charge in [0, 0.05) is 18.1 Å². The molecule has 0 aromatic heterocycles. The highest BCUT2D eigenvalue weighted by Crippen LogP contribution is 2.03. The van der Waals surface area contributed by atoms with Crippen LogP contribution < -0.4 is 0 Å². The van der Waals surface area contributed by atoms with Gasteiger partial charge in [0.1, 0.15) is 5.78 Å². The molecule has 0 amide bonds. The van der Waals surface area contributed by atoms with E-state index in [0.29, 0.717) is 18.6 Å². The van der Waals surface area contributed by atoms with Crippen LogP contribution in [-0.4, -0.2) is 11.0 Å². The Hall–Kier alpha value is 0.0200. The van der Waals surface area contributed by atoms with Crippen molar-refractivity contribution < 1.29 is 4.79 Å². The van der Waals surface area contributed by atoms with Crippen molar-refractivity contribution in [3.05, 3.63) is 0 Å². The van der Waals surface area contributed by atoms with Gasteiger partial charge < -0.3 is 0 Å². The minimum atomic E-state index is 0.226. The van der Waals surface area contributed by atoms with E-state index in [9.17, 15) is 4.79 Å². The zero-order chi connectivity index (χ0) is 7.28. The van der Waals surface area contributed by atoms with Crippen LogP contribution in [0, 0.1) is 0 Å². The maximum Gasteiger partial charge on any atom is 0.133 e. The Balaban J connectivity index is 3.27. The van der Waals surface area contributed by atoms with Crippen molar-refractivity contribution in [2.75, 3.05) is 0 Å². The fraction of sp³-hybridized carbons (Fsp3) is 0.857. The van der Waals surface area contributed by atoms with Crippen LogP contribution in [0.2, 0.25) is 0 Å². The molecular weight excluding hydrogens is 132 g/mol. The highest BCUT2D eigenvalue weighted by molar-refractivity contribution is 7.80. The predicted octanol–water partition coefficient (Wildman–Crippen LogP) is 2.06. The number of Topliss-reactive ketones (excluding diaryl/α,β-unsaturated/α-hetero) is 1. The first kappa shape index (κ1) is 9.02. The molecule has 0 fully saturated rings. The zero-order valence-electron chi connectivity index (χ0n) is 6.05. The third-order valence-electron chi connectivity index (χ3n) is 1.05. The van der Waals surface area contributed by atoms with E-state index in [4.69, 9.17) is 0 Å². The van der Waals surface area contributed by atoms with E-state index in [-0.39, 0.29) is 5.25 Å². The van der Waals surface area contributed by atoms with Crippen molar-refractivity contribution in [2.45, 2.75) is 38.4 Å². The van der Waals surface area contributed by atoms with Gasteiger partial charge in [0.05, 0.1) is 0 Å². The Morgan fingerprint density at radius 3 is 2.56 bits per heavy atom. The maximum absolute atomic E-state index is 10.8. The molecule has 0 aromatic carbocycles. The molecule has 1 atom stereocenters. The Morgan fingerprint density at radius 2 is 2.22 bits per heavy atom. The zero-order valence-corrected chi connectivity index (χ0v) is 6.95. The fourth-order valence-corrected chi connectivity index (χ4v) is 0.914.